The van der Waals surface area contributed by atoms with Crippen LogP contribution in [-0.2, 0) is 29.8 Å². The minimum absolute atomic E-state index is 0. The summed E-state index contributed by atoms with van der Waals surface area (Å²) in [6, 6.07) is 7.03. The summed E-state index contributed by atoms with van der Waals surface area (Å²) in [5.41, 5.74) is 1.46. The molecular formula is C13H21NO7S2. The van der Waals surface area contributed by atoms with Crippen LogP contribution < -0.4 is 5.32 Å². The van der Waals surface area contributed by atoms with Crippen LogP contribution in [0.5, 0.6) is 0 Å². The zero-order valence-electron chi connectivity index (χ0n) is 11.9. The number of amides is 1. The van der Waals surface area contributed by atoms with E-state index >= 15 is 0 Å². The number of carbonyl (C=O) groups is 1. The van der Waals surface area contributed by atoms with E-state index in [1.807, 2.05) is 13.0 Å². The van der Waals surface area contributed by atoms with Crippen LogP contribution in [0.4, 0.5) is 0 Å². The number of aryl methyl sites for hydroxylation is 1. The molecule has 1 rings (SSSR count). The summed E-state index contributed by atoms with van der Waals surface area (Å²) >= 11 is -1.70. The molecule has 0 aliphatic heterocycles. The van der Waals surface area contributed by atoms with Gasteiger partial charge in [-0.15, -0.1) is 0 Å². The van der Waals surface area contributed by atoms with Gasteiger partial charge in [0.2, 0.25) is 0 Å². The fourth-order valence-electron chi connectivity index (χ4n) is 1.46. The second-order valence-corrected chi connectivity index (χ2v) is 6.55. The maximum atomic E-state index is 11.8. The van der Waals surface area contributed by atoms with Gasteiger partial charge >= 0.3 is 10.4 Å². The fourth-order valence-corrected chi connectivity index (χ4v) is 2.38. The van der Waals surface area contributed by atoms with E-state index in [0.29, 0.717) is 5.56 Å². The van der Waals surface area contributed by atoms with E-state index in [9.17, 15) is 17.4 Å². The highest BCUT2D eigenvalue weighted by atomic mass is 32.3. The van der Waals surface area contributed by atoms with Gasteiger partial charge < -0.3 is 5.32 Å². The average molecular weight is 367 g/mol. The molecule has 23 heavy (non-hydrogen) atoms. The Balaban J connectivity index is 0.00000484. The molecule has 2 N–H and O–H groups in total. The summed E-state index contributed by atoms with van der Waals surface area (Å²) < 4.78 is 48.9. The lowest BCUT2D eigenvalue weighted by atomic mass is 10.1. The lowest BCUT2D eigenvalue weighted by Crippen LogP contribution is -2.28. The van der Waals surface area contributed by atoms with E-state index in [4.69, 9.17) is 8.74 Å². The summed E-state index contributed by atoms with van der Waals surface area (Å²) in [5.74, 6) is -0.237. The number of hydrogen-bond acceptors (Lipinski definition) is 6. The number of rotatable bonds is 9. The minimum atomic E-state index is -4.52. The van der Waals surface area contributed by atoms with Crippen molar-refractivity contribution in [3.8, 4) is 0 Å². The molecule has 1 aromatic carbocycles. The van der Waals surface area contributed by atoms with Crippen molar-refractivity contribution in [2.45, 2.75) is 14.4 Å². The summed E-state index contributed by atoms with van der Waals surface area (Å²) in [4.78, 5) is 11.8. The molecule has 0 saturated carbocycles. The predicted octanol–water partition coefficient (Wildman–Crippen LogP) is 0.861. The molecule has 10 heteroatoms. The molecule has 1 amide bonds. The molecule has 0 aliphatic rings. The van der Waals surface area contributed by atoms with Crippen molar-refractivity contribution in [2.24, 2.45) is 0 Å². The molecule has 0 bridgehead atoms. The third-order valence-electron chi connectivity index (χ3n) is 2.36. The summed E-state index contributed by atoms with van der Waals surface area (Å²) in [5, 5.41) is 2.59. The van der Waals surface area contributed by atoms with Crippen molar-refractivity contribution in [3.05, 3.63) is 35.4 Å². The van der Waals surface area contributed by atoms with Gasteiger partial charge in [0, 0.05) is 12.1 Å². The molecule has 1 unspecified atom stereocenters. The van der Waals surface area contributed by atoms with E-state index in [0.717, 1.165) is 5.56 Å². The third-order valence-corrected chi connectivity index (χ3v) is 3.80. The van der Waals surface area contributed by atoms with Crippen LogP contribution in [0.3, 0.4) is 0 Å². The Bertz CT molecular complexity index is 631. The first kappa shape index (κ1) is 21.7. The fraction of sp³-hybridized carbons (Fsp3) is 0.462. The molecule has 0 fully saturated rings. The third kappa shape index (κ3) is 10.1. The molecule has 0 heterocycles. The van der Waals surface area contributed by atoms with Crippen LogP contribution in [0.1, 0.15) is 23.3 Å². The van der Waals surface area contributed by atoms with Gasteiger partial charge in [-0.2, -0.15) is 8.42 Å². The largest absolute Gasteiger partial charge is 0.397 e. The monoisotopic (exact) mass is 367 g/mol. The van der Waals surface area contributed by atoms with Gasteiger partial charge in [-0.25, -0.2) is 8.39 Å². The van der Waals surface area contributed by atoms with Gasteiger partial charge in [0.05, 0.1) is 19.0 Å². The molecule has 132 valence electrons. The van der Waals surface area contributed by atoms with Crippen LogP contribution in [0.2, 0.25) is 0 Å². The first-order valence-corrected chi connectivity index (χ1v) is 8.87. The lowest BCUT2D eigenvalue weighted by Gasteiger charge is -2.06. The maximum absolute atomic E-state index is 11.8. The molecule has 0 aliphatic carbocycles. The van der Waals surface area contributed by atoms with Crippen LogP contribution in [0, 0.1) is 6.92 Å². The molecule has 1 atom stereocenters. The van der Waals surface area contributed by atoms with E-state index in [2.05, 4.69) is 9.50 Å². The predicted molar refractivity (Wildman–Crippen MR) is 86.7 cm³/mol. The second kappa shape index (κ2) is 10.4. The Kier molecular flexibility index (Phi) is 9.84. The Labute approximate surface area is 138 Å². The summed E-state index contributed by atoms with van der Waals surface area (Å²) in [6.45, 7) is 1.30. The zero-order chi connectivity index (χ0) is 16.6. The Morgan fingerprint density at radius 1 is 1.35 bits per heavy atom. The molecule has 0 saturated heterocycles. The lowest BCUT2D eigenvalue weighted by molar-refractivity contribution is 0.0956. The molecule has 0 aromatic heterocycles. The average Bonchev–Trinajstić information content (AvgIpc) is 2.42. The van der Waals surface area contributed by atoms with Gasteiger partial charge in [-0.3, -0.25) is 13.5 Å². The molecule has 1 aromatic rings. The van der Waals surface area contributed by atoms with E-state index in [-0.39, 0.29) is 32.2 Å². The second-order valence-electron chi connectivity index (χ2n) is 4.20. The first-order chi connectivity index (χ1) is 10.3. The smallest absolute Gasteiger partial charge is 0.351 e. The van der Waals surface area contributed by atoms with E-state index in [1.54, 1.807) is 18.2 Å². The van der Waals surface area contributed by atoms with E-state index < -0.39 is 28.1 Å². The SMILES string of the molecule is C.Cc1cccc(C(=O)NCCS(=O)OCCOS(=O)(=O)O)c1. The van der Waals surface area contributed by atoms with Crippen molar-refractivity contribution in [1.82, 2.24) is 5.32 Å². The van der Waals surface area contributed by atoms with Gasteiger partial charge in [-0.05, 0) is 19.1 Å². The highest BCUT2D eigenvalue weighted by Crippen LogP contribution is 2.03. The normalized spacial score (nSPS) is 12.3. The van der Waals surface area contributed by atoms with Crippen molar-refractivity contribution in [1.29, 1.82) is 0 Å². The quantitative estimate of drug-likeness (QED) is 0.491. The Morgan fingerprint density at radius 2 is 2.04 bits per heavy atom. The summed E-state index contributed by atoms with van der Waals surface area (Å²) in [6.07, 6.45) is 0. The number of benzene rings is 1. The van der Waals surface area contributed by atoms with Gasteiger partial charge in [0.15, 0.2) is 11.1 Å². The minimum Gasteiger partial charge on any atom is -0.351 e. The highest BCUT2D eigenvalue weighted by Gasteiger charge is 2.08. The highest BCUT2D eigenvalue weighted by molar-refractivity contribution is 7.81. The number of nitrogens with one attached hydrogen (secondary N) is 1. The molecule has 0 spiro atoms. The van der Waals surface area contributed by atoms with Crippen LogP contribution in [0.25, 0.3) is 0 Å². The molecule has 0 radical (unpaired) electrons. The van der Waals surface area contributed by atoms with Gasteiger partial charge in [0.1, 0.15) is 0 Å². The van der Waals surface area contributed by atoms with Crippen molar-refractivity contribution in [3.63, 3.8) is 0 Å². The van der Waals surface area contributed by atoms with Crippen molar-refractivity contribution in [2.75, 3.05) is 25.5 Å². The zero-order valence-corrected chi connectivity index (χ0v) is 13.5. The summed E-state index contributed by atoms with van der Waals surface area (Å²) in [7, 11) is -4.52. The Morgan fingerprint density at radius 3 is 2.65 bits per heavy atom. The first-order valence-electron chi connectivity index (χ1n) is 6.26. The molecular weight excluding hydrogens is 346 g/mol. The van der Waals surface area contributed by atoms with Crippen LogP contribution in [0.15, 0.2) is 24.3 Å². The maximum Gasteiger partial charge on any atom is 0.397 e. The van der Waals surface area contributed by atoms with Crippen LogP contribution >= 0.6 is 0 Å². The van der Waals surface area contributed by atoms with Crippen LogP contribution in [-0.4, -0.2) is 48.6 Å². The molecule has 8 nitrogen and oxygen atoms in total. The van der Waals surface area contributed by atoms with Gasteiger partial charge in [-0.1, -0.05) is 25.1 Å². The number of hydrogen-bond donors (Lipinski definition) is 2. The topological polar surface area (TPSA) is 119 Å². The van der Waals surface area contributed by atoms with Crippen molar-refractivity contribution < 1.29 is 30.3 Å². The Hall–Kier alpha value is -1.33. The van der Waals surface area contributed by atoms with Gasteiger partial charge in [0.25, 0.3) is 5.91 Å². The number of carbonyl (C=O) groups excluding carboxylic acids is 1. The standard InChI is InChI=1S/C12H17NO7S2.CH4/c1-10-3-2-4-11(9-10)12(14)13-5-8-21(15)19-6-7-20-22(16,17)18;/h2-4,9H,5-8H2,1H3,(H,13,14)(H,16,17,18);1H4. The van der Waals surface area contributed by atoms with Crippen molar-refractivity contribution >= 4 is 27.4 Å². The van der Waals surface area contributed by atoms with E-state index in [1.165, 1.54) is 0 Å².